The normalized spacial score (nSPS) is 15.9. The van der Waals surface area contributed by atoms with Crippen LogP contribution in [0, 0.1) is 17.6 Å². The molecular weight excluding hydrogens is 200 g/mol. The summed E-state index contributed by atoms with van der Waals surface area (Å²) in [6.45, 7) is 0. The number of amides is 1. The van der Waals surface area contributed by atoms with E-state index in [0.717, 1.165) is 31.4 Å². The maximum atomic E-state index is 13.1. The van der Waals surface area contributed by atoms with E-state index in [1.54, 1.807) is 0 Å². The number of carbonyl (C=O) groups is 1. The lowest BCUT2D eigenvalue weighted by atomic mass is 9.85. The molecule has 0 heterocycles. The van der Waals surface area contributed by atoms with Gasteiger partial charge in [-0.3, -0.25) is 4.79 Å². The van der Waals surface area contributed by atoms with E-state index in [2.05, 4.69) is 5.32 Å². The minimum atomic E-state index is -0.734. The lowest BCUT2D eigenvalue weighted by Gasteiger charge is -2.24. The zero-order valence-electron chi connectivity index (χ0n) is 8.09. The van der Waals surface area contributed by atoms with Gasteiger partial charge in [0.1, 0.15) is 11.6 Å². The fourth-order valence-electron chi connectivity index (χ4n) is 1.50. The SMILES string of the molecule is O=C(Nc1ccc(F)cc1F)C1CCC1. The maximum absolute atomic E-state index is 13.1. The van der Waals surface area contributed by atoms with Gasteiger partial charge in [-0.05, 0) is 25.0 Å². The highest BCUT2D eigenvalue weighted by atomic mass is 19.1. The zero-order valence-corrected chi connectivity index (χ0v) is 8.09. The van der Waals surface area contributed by atoms with Gasteiger partial charge in [0.05, 0.1) is 5.69 Å². The molecule has 0 unspecified atom stereocenters. The molecule has 15 heavy (non-hydrogen) atoms. The van der Waals surface area contributed by atoms with Crippen LogP contribution in [0.3, 0.4) is 0 Å². The van der Waals surface area contributed by atoms with E-state index in [1.807, 2.05) is 0 Å². The Morgan fingerprint density at radius 2 is 2.07 bits per heavy atom. The predicted octanol–water partition coefficient (Wildman–Crippen LogP) is 2.70. The minimum Gasteiger partial charge on any atom is -0.323 e. The molecule has 4 heteroatoms. The highest BCUT2D eigenvalue weighted by molar-refractivity contribution is 5.93. The predicted molar refractivity (Wildman–Crippen MR) is 52.3 cm³/mol. The summed E-state index contributed by atoms with van der Waals surface area (Å²) in [6.07, 6.45) is 2.76. The molecule has 80 valence electrons. The van der Waals surface area contributed by atoms with Crippen LogP contribution in [0.5, 0.6) is 0 Å². The number of carbonyl (C=O) groups excluding carboxylic acids is 1. The number of rotatable bonds is 2. The van der Waals surface area contributed by atoms with Crippen molar-refractivity contribution in [3.8, 4) is 0 Å². The molecule has 0 bridgehead atoms. The van der Waals surface area contributed by atoms with Crippen LogP contribution in [-0.4, -0.2) is 5.91 Å². The van der Waals surface area contributed by atoms with Crippen LogP contribution < -0.4 is 5.32 Å². The number of anilines is 1. The number of hydrogen-bond acceptors (Lipinski definition) is 1. The van der Waals surface area contributed by atoms with E-state index in [1.165, 1.54) is 6.07 Å². The van der Waals surface area contributed by atoms with E-state index in [-0.39, 0.29) is 17.5 Å². The highest BCUT2D eigenvalue weighted by Gasteiger charge is 2.25. The molecule has 1 aromatic rings. The number of halogens is 2. The van der Waals surface area contributed by atoms with Crippen molar-refractivity contribution in [3.05, 3.63) is 29.8 Å². The maximum Gasteiger partial charge on any atom is 0.227 e. The van der Waals surface area contributed by atoms with Crippen molar-refractivity contribution in [2.45, 2.75) is 19.3 Å². The van der Waals surface area contributed by atoms with E-state index < -0.39 is 11.6 Å². The van der Waals surface area contributed by atoms with Crippen molar-refractivity contribution in [2.24, 2.45) is 5.92 Å². The van der Waals surface area contributed by atoms with Crippen LogP contribution in [0.1, 0.15) is 19.3 Å². The Bertz CT molecular complexity index is 388. The molecule has 0 aromatic heterocycles. The largest absolute Gasteiger partial charge is 0.323 e. The highest BCUT2D eigenvalue weighted by Crippen LogP contribution is 2.28. The molecule has 1 fully saturated rings. The molecule has 1 aliphatic carbocycles. The minimum absolute atomic E-state index is 0.00514. The third kappa shape index (κ3) is 2.14. The molecule has 0 aliphatic heterocycles. The second kappa shape index (κ2) is 3.96. The summed E-state index contributed by atoms with van der Waals surface area (Å²) in [7, 11) is 0. The first kappa shape index (κ1) is 10.1. The van der Waals surface area contributed by atoms with Crippen molar-refractivity contribution in [3.63, 3.8) is 0 Å². The summed E-state index contributed by atoms with van der Waals surface area (Å²) in [5, 5.41) is 2.46. The molecule has 0 atom stereocenters. The molecule has 0 saturated heterocycles. The van der Waals surface area contributed by atoms with Gasteiger partial charge in [0.2, 0.25) is 5.91 Å². The quantitative estimate of drug-likeness (QED) is 0.800. The fourth-order valence-corrected chi connectivity index (χ4v) is 1.50. The number of hydrogen-bond donors (Lipinski definition) is 1. The van der Waals surface area contributed by atoms with Crippen LogP contribution >= 0.6 is 0 Å². The summed E-state index contributed by atoms with van der Waals surface area (Å²) >= 11 is 0. The van der Waals surface area contributed by atoms with E-state index in [0.29, 0.717) is 0 Å². The molecule has 1 aliphatic rings. The van der Waals surface area contributed by atoms with Crippen LogP contribution in [0.15, 0.2) is 18.2 Å². The molecule has 0 radical (unpaired) electrons. The van der Waals surface area contributed by atoms with Gasteiger partial charge in [-0.1, -0.05) is 6.42 Å². The Kier molecular flexibility index (Phi) is 2.66. The smallest absolute Gasteiger partial charge is 0.227 e. The second-order valence-corrected chi connectivity index (χ2v) is 3.74. The first-order valence-electron chi connectivity index (χ1n) is 4.93. The van der Waals surface area contributed by atoms with Gasteiger partial charge in [0.15, 0.2) is 0 Å². The third-order valence-electron chi connectivity index (χ3n) is 2.66. The van der Waals surface area contributed by atoms with Gasteiger partial charge in [-0.2, -0.15) is 0 Å². The first-order chi connectivity index (χ1) is 7.16. The molecule has 1 N–H and O–H groups in total. The van der Waals surface area contributed by atoms with E-state index in [4.69, 9.17) is 0 Å². The van der Waals surface area contributed by atoms with E-state index in [9.17, 15) is 13.6 Å². The van der Waals surface area contributed by atoms with Crippen LogP contribution in [0.25, 0.3) is 0 Å². The van der Waals surface area contributed by atoms with Crippen LogP contribution in [-0.2, 0) is 4.79 Å². The second-order valence-electron chi connectivity index (χ2n) is 3.74. The summed E-state index contributed by atoms with van der Waals surface area (Å²) in [5.41, 5.74) is 0.0494. The summed E-state index contributed by atoms with van der Waals surface area (Å²) in [6, 6.07) is 3.12. The molecule has 2 rings (SSSR count). The zero-order chi connectivity index (χ0) is 10.8. The average Bonchev–Trinajstić information content (AvgIpc) is 2.07. The Hall–Kier alpha value is -1.45. The molecule has 1 saturated carbocycles. The standard InChI is InChI=1S/C11H11F2NO/c12-8-4-5-10(9(13)6-8)14-11(15)7-2-1-3-7/h4-7H,1-3H2,(H,14,15). The van der Waals surface area contributed by atoms with Gasteiger partial charge < -0.3 is 5.32 Å². The number of benzene rings is 1. The summed E-state index contributed by atoms with van der Waals surface area (Å²) in [4.78, 5) is 11.5. The van der Waals surface area contributed by atoms with Crippen LogP contribution in [0.4, 0.5) is 14.5 Å². The van der Waals surface area contributed by atoms with Gasteiger partial charge in [0, 0.05) is 12.0 Å². The average molecular weight is 211 g/mol. The number of nitrogens with one attached hydrogen (secondary N) is 1. The summed E-state index contributed by atoms with van der Waals surface area (Å²) in [5.74, 6) is -1.56. The molecule has 2 nitrogen and oxygen atoms in total. The van der Waals surface area contributed by atoms with Crippen molar-refractivity contribution >= 4 is 11.6 Å². The fraction of sp³-hybridized carbons (Fsp3) is 0.364. The Labute approximate surface area is 86.3 Å². The first-order valence-corrected chi connectivity index (χ1v) is 4.93. The Morgan fingerprint density at radius 1 is 1.33 bits per heavy atom. The van der Waals surface area contributed by atoms with Crippen LogP contribution in [0.2, 0.25) is 0 Å². The van der Waals surface area contributed by atoms with Crippen molar-refractivity contribution in [2.75, 3.05) is 5.32 Å². The Balaban J connectivity index is 2.06. The topological polar surface area (TPSA) is 29.1 Å². The van der Waals surface area contributed by atoms with Gasteiger partial charge >= 0.3 is 0 Å². The van der Waals surface area contributed by atoms with Gasteiger partial charge in [-0.15, -0.1) is 0 Å². The van der Waals surface area contributed by atoms with E-state index >= 15 is 0 Å². The Morgan fingerprint density at radius 3 is 2.60 bits per heavy atom. The lowest BCUT2D eigenvalue weighted by Crippen LogP contribution is -2.28. The molecule has 0 spiro atoms. The molecular formula is C11H11F2NO. The van der Waals surface area contributed by atoms with Crippen molar-refractivity contribution < 1.29 is 13.6 Å². The lowest BCUT2D eigenvalue weighted by molar-refractivity contribution is -0.122. The monoisotopic (exact) mass is 211 g/mol. The summed E-state index contributed by atoms with van der Waals surface area (Å²) < 4.78 is 25.7. The van der Waals surface area contributed by atoms with Crippen molar-refractivity contribution in [1.29, 1.82) is 0 Å². The molecule has 1 amide bonds. The van der Waals surface area contributed by atoms with Gasteiger partial charge in [0.25, 0.3) is 0 Å². The van der Waals surface area contributed by atoms with Gasteiger partial charge in [-0.25, -0.2) is 8.78 Å². The van der Waals surface area contributed by atoms with Crippen molar-refractivity contribution in [1.82, 2.24) is 0 Å². The molecule has 1 aromatic carbocycles. The third-order valence-corrected chi connectivity index (χ3v) is 2.66.